The molecule has 0 spiro atoms. The first-order valence-electron chi connectivity index (χ1n) is 15.0. The van der Waals surface area contributed by atoms with E-state index in [1.807, 2.05) is 36.4 Å². The average Bonchev–Trinajstić information content (AvgIpc) is 3.01. The highest BCUT2D eigenvalue weighted by Crippen LogP contribution is 2.27. The lowest BCUT2D eigenvalue weighted by atomic mass is 10.0. The number of alkyl halides is 3. The Morgan fingerprint density at radius 3 is 2.26 bits per heavy atom. The van der Waals surface area contributed by atoms with Crippen molar-refractivity contribution in [2.45, 2.75) is 81.6 Å². The first-order chi connectivity index (χ1) is 21.6. The maximum absolute atomic E-state index is 13.2. The zero-order valence-electron chi connectivity index (χ0n) is 26.4. The molecule has 46 heavy (non-hydrogen) atoms. The molecular weight excluding hydrogens is 659 g/mol. The number of hydrogen-bond acceptors (Lipinski definition) is 8. The Labute approximate surface area is 284 Å². The van der Waals surface area contributed by atoms with Gasteiger partial charge in [-0.05, 0) is 74.4 Å². The van der Waals surface area contributed by atoms with Gasteiger partial charge in [0.1, 0.15) is 30.5 Å². The molecule has 2 aromatic carbocycles. The third-order valence-electron chi connectivity index (χ3n) is 7.33. The molecule has 1 saturated heterocycles. The summed E-state index contributed by atoms with van der Waals surface area (Å²) in [6.45, 7) is 8.21. The summed E-state index contributed by atoms with van der Waals surface area (Å²) in [5, 5.41) is 16.5. The summed E-state index contributed by atoms with van der Waals surface area (Å²) < 4.78 is 9.10. The van der Waals surface area contributed by atoms with Crippen LogP contribution < -0.4 is 20.8 Å². The molecule has 1 fully saturated rings. The van der Waals surface area contributed by atoms with Crippen molar-refractivity contribution in [2.75, 3.05) is 13.2 Å². The number of ether oxygens (including phenoxy) is 2. The van der Waals surface area contributed by atoms with Crippen LogP contribution in [0.25, 0.3) is 11.1 Å². The lowest BCUT2D eigenvalue weighted by molar-refractivity contribution is -0.152. The number of halogens is 3. The minimum absolute atomic E-state index is 0.305. The van der Waals surface area contributed by atoms with Crippen LogP contribution in [0.2, 0.25) is 0 Å². The molecule has 252 valence electrons. The second-order valence-corrected chi connectivity index (χ2v) is 14.1. The number of benzene rings is 2. The van der Waals surface area contributed by atoms with Crippen molar-refractivity contribution in [3.63, 3.8) is 0 Å². The molecule has 4 N–H and O–H groups in total. The van der Waals surface area contributed by atoms with Crippen LogP contribution in [0.3, 0.4) is 0 Å². The smallest absolute Gasteiger partial charge is 0.325 e. The molecule has 2 aromatic rings. The van der Waals surface area contributed by atoms with Gasteiger partial charge < -0.3 is 25.2 Å². The summed E-state index contributed by atoms with van der Waals surface area (Å²) in [4.78, 5) is 51.7. The average molecular weight is 700 g/mol. The number of amides is 3. The molecule has 3 amide bonds. The Morgan fingerprint density at radius 2 is 1.65 bits per heavy atom. The summed E-state index contributed by atoms with van der Waals surface area (Å²) in [7, 11) is 0. The van der Waals surface area contributed by atoms with Crippen molar-refractivity contribution in [1.29, 1.82) is 0 Å². The molecule has 0 radical (unpaired) electrons. The van der Waals surface area contributed by atoms with Gasteiger partial charge in [0.15, 0.2) is 6.10 Å². The van der Waals surface area contributed by atoms with Gasteiger partial charge in [0, 0.05) is 6.54 Å². The Balaban J connectivity index is 1.55. The van der Waals surface area contributed by atoms with Crippen molar-refractivity contribution in [2.24, 2.45) is 5.92 Å². The highest BCUT2D eigenvalue weighted by molar-refractivity contribution is 6.67. The normalized spacial score (nSPS) is 17.8. The number of hydrazine groups is 1. The molecule has 5 atom stereocenters. The van der Waals surface area contributed by atoms with Crippen LogP contribution in [0.15, 0.2) is 48.5 Å². The Hall–Kier alpha value is -3.09. The monoisotopic (exact) mass is 698 g/mol. The molecule has 0 aliphatic carbocycles. The second kappa shape index (κ2) is 16.6. The maximum Gasteiger partial charge on any atom is 0.325 e. The summed E-state index contributed by atoms with van der Waals surface area (Å²) in [6, 6.07) is 12.0. The SMILES string of the molecule is CC(NC(=O)C(NC(=O)C(C)Oc1ccc(-c2cccc(C(C)O)c2)cc1)C(C)C)C(=O)N1CCC[C@@H](C(=O)OCC(Cl)(Cl)Cl)N1. The number of aliphatic hydroxyl groups is 1. The first-order valence-corrected chi connectivity index (χ1v) is 16.2. The molecule has 0 bridgehead atoms. The van der Waals surface area contributed by atoms with E-state index < -0.39 is 64.4 Å². The van der Waals surface area contributed by atoms with Gasteiger partial charge in [0.2, 0.25) is 9.70 Å². The lowest BCUT2D eigenvalue weighted by Gasteiger charge is -2.34. The number of nitrogens with zero attached hydrogens (tertiary/aromatic N) is 1. The van der Waals surface area contributed by atoms with Gasteiger partial charge >= 0.3 is 5.97 Å². The summed E-state index contributed by atoms with van der Waals surface area (Å²) >= 11 is 16.9. The third kappa shape index (κ3) is 11.0. The number of carbonyl (C=O) groups is 4. The standard InChI is InChI=1S/C32H41Cl3N4O7/c1-18(2)27(29(42)36-19(3)30(43)39-15-7-10-26(38-39)31(44)45-17-32(33,34)35)37-28(41)21(5)46-25-13-11-22(12-14-25)24-9-6-8-23(16-24)20(4)40/h6,8-9,11-14,16,18-21,26-27,38,40H,7,10,15,17H2,1-5H3,(H,36,42)(H,37,41)/t19?,20?,21?,26-,27?/m0/s1. The van der Waals surface area contributed by atoms with Gasteiger partial charge in [-0.1, -0.05) is 79.0 Å². The summed E-state index contributed by atoms with van der Waals surface area (Å²) in [6.07, 6.45) is -0.587. The lowest BCUT2D eigenvalue weighted by Crippen LogP contribution is -2.61. The largest absolute Gasteiger partial charge is 0.481 e. The van der Waals surface area contributed by atoms with Gasteiger partial charge in [-0.3, -0.25) is 24.2 Å². The second-order valence-electron chi connectivity index (χ2n) is 11.6. The van der Waals surface area contributed by atoms with Gasteiger partial charge in [0.05, 0.1) is 6.10 Å². The van der Waals surface area contributed by atoms with E-state index >= 15 is 0 Å². The quantitative estimate of drug-likeness (QED) is 0.190. The molecule has 11 nitrogen and oxygen atoms in total. The van der Waals surface area contributed by atoms with Crippen LogP contribution in [-0.4, -0.2) is 75.0 Å². The zero-order chi connectivity index (χ0) is 34.2. The van der Waals surface area contributed by atoms with E-state index in [-0.39, 0.29) is 5.92 Å². The number of hydrogen-bond donors (Lipinski definition) is 4. The number of nitrogens with one attached hydrogen (secondary N) is 3. The molecule has 1 aliphatic heterocycles. The van der Waals surface area contributed by atoms with Gasteiger partial charge in [0.25, 0.3) is 11.8 Å². The summed E-state index contributed by atoms with van der Waals surface area (Å²) in [5.41, 5.74) is 5.48. The van der Waals surface area contributed by atoms with Crippen LogP contribution in [0.1, 0.15) is 59.1 Å². The van der Waals surface area contributed by atoms with E-state index in [4.69, 9.17) is 44.3 Å². The zero-order valence-corrected chi connectivity index (χ0v) is 28.7. The van der Waals surface area contributed by atoms with Crippen LogP contribution in [0.5, 0.6) is 5.75 Å². The van der Waals surface area contributed by atoms with E-state index in [2.05, 4.69) is 16.1 Å². The van der Waals surface area contributed by atoms with Crippen molar-refractivity contribution >= 4 is 58.5 Å². The van der Waals surface area contributed by atoms with E-state index in [1.54, 1.807) is 39.8 Å². The van der Waals surface area contributed by atoms with Crippen LogP contribution in [0.4, 0.5) is 0 Å². The molecule has 14 heteroatoms. The number of rotatable bonds is 12. The van der Waals surface area contributed by atoms with Crippen LogP contribution in [-0.2, 0) is 23.9 Å². The van der Waals surface area contributed by atoms with Crippen LogP contribution in [0, 0.1) is 5.92 Å². The minimum atomic E-state index is -1.76. The fraction of sp³-hybridized carbons (Fsp3) is 0.500. The fourth-order valence-corrected chi connectivity index (χ4v) is 4.90. The Morgan fingerprint density at radius 1 is 0.978 bits per heavy atom. The predicted molar refractivity (Wildman–Crippen MR) is 176 cm³/mol. The number of carbonyl (C=O) groups excluding carboxylic acids is 4. The number of esters is 1. The molecule has 0 saturated carbocycles. The molecular formula is C32H41Cl3N4O7. The van der Waals surface area contributed by atoms with Crippen molar-refractivity contribution in [3.8, 4) is 16.9 Å². The summed E-state index contributed by atoms with van der Waals surface area (Å²) in [5.74, 6) is -2.03. The topological polar surface area (TPSA) is 146 Å². The Kier molecular flexibility index (Phi) is 13.5. The van der Waals surface area contributed by atoms with Crippen molar-refractivity contribution in [1.82, 2.24) is 21.1 Å². The maximum atomic E-state index is 13.2. The van der Waals surface area contributed by atoms with Crippen molar-refractivity contribution < 1.29 is 33.8 Å². The van der Waals surface area contributed by atoms with Gasteiger partial charge in [-0.15, -0.1) is 0 Å². The molecule has 1 heterocycles. The highest BCUT2D eigenvalue weighted by Gasteiger charge is 2.34. The third-order valence-corrected chi connectivity index (χ3v) is 7.66. The van der Waals surface area contributed by atoms with Crippen LogP contribution >= 0.6 is 34.8 Å². The van der Waals surface area contributed by atoms with E-state index in [9.17, 15) is 24.3 Å². The first kappa shape index (κ1) is 37.4. The van der Waals surface area contributed by atoms with Gasteiger partial charge in [-0.2, -0.15) is 0 Å². The van der Waals surface area contributed by atoms with E-state index in [1.165, 1.54) is 11.9 Å². The molecule has 0 aromatic heterocycles. The Bertz CT molecular complexity index is 1370. The molecule has 4 unspecified atom stereocenters. The molecule has 3 rings (SSSR count). The van der Waals surface area contributed by atoms with E-state index in [0.717, 1.165) is 16.7 Å². The minimum Gasteiger partial charge on any atom is -0.481 e. The fourth-order valence-electron chi connectivity index (χ4n) is 4.73. The highest BCUT2D eigenvalue weighted by atomic mass is 35.6. The number of aliphatic hydroxyl groups excluding tert-OH is 1. The van der Waals surface area contributed by atoms with E-state index in [0.29, 0.717) is 25.1 Å². The predicted octanol–water partition coefficient (Wildman–Crippen LogP) is 4.23. The molecule has 1 aliphatic rings. The van der Waals surface area contributed by atoms with Crippen molar-refractivity contribution in [3.05, 3.63) is 54.1 Å². The van der Waals surface area contributed by atoms with Gasteiger partial charge in [-0.25, -0.2) is 5.43 Å².